The van der Waals surface area contributed by atoms with Crippen molar-refractivity contribution in [3.05, 3.63) is 59.7 Å². The number of nitrogens with one attached hydrogen (secondary N) is 1. The SMILES string of the molecule is c1ccc2c(c1)-c1ccccc1C1NC21. The lowest BCUT2D eigenvalue weighted by Gasteiger charge is -2.17. The molecule has 1 saturated heterocycles. The summed E-state index contributed by atoms with van der Waals surface area (Å²) in [5.74, 6) is 0. The minimum atomic E-state index is 0.566. The van der Waals surface area contributed by atoms with Gasteiger partial charge in [0.25, 0.3) is 0 Å². The van der Waals surface area contributed by atoms with Gasteiger partial charge in [-0.1, -0.05) is 48.5 Å². The van der Waals surface area contributed by atoms with Crippen molar-refractivity contribution in [3.63, 3.8) is 0 Å². The lowest BCUT2D eigenvalue weighted by atomic mass is 9.86. The maximum atomic E-state index is 3.54. The molecule has 1 aliphatic heterocycles. The number of fused-ring (bicyclic) bond motifs is 6. The van der Waals surface area contributed by atoms with Crippen molar-refractivity contribution in [2.45, 2.75) is 12.1 Å². The summed E-state index contributed by atoms with van der Waals surface area (Å²) in [7, 11) is 0. The van der Waals surface area contributed by atoms with Crippen LogP contribution in [0.25, 0.3) is 11.1 Å². The Balaban J connectivity index is 2.09. The molecule has 0 radical (unpaired) electrons. The van der Waals surface area contributed by atoms with Crippen molar-refractivity contribution in [1.82, 2.24) is 5.32 Å². The van der Waals surface area contributed by atoms with Gasteiger partial charge in [-0.25, -0.2) is 0 Å². The van der Waals surface area contributed by atoms with Crippen LogP contribution in [-0.2, 0) is 0 Å². The van der Waals surface area contributed by atoms with Crippen LogP contribution < -0.4 is 5.32 Å². The van der Waals surface area contributed by atoms with Gasteiger partial charge < -0.3 is 0 Å². The molecule has 2 aromatic rings. The van der Waals surface area contributed by atoms with Crippen LogP contribution in [0.5, 0.6) is 0 Å². The highest BCUT2D eigenvalue weighted by Crippen LogP contribution is 2.52. The van der Waals surface area contributed by atoms with E-state index in [-0.39, 0.29) is 0 Å². The lowest BCUT2D eigenvalue weighted by molar-refractivity contribution is 1.01. The van der Waals surface area contributed by atoms with Crippen molar-refractivity contribution in [1.29, 1.82) is 0 Å². The third kappa shape index (κ3) is 0.910. The molecular weight excluding hydrogens is 182 g/mol. The van der Waals surface area contributed by atoms with Crippen LogP contribution in [0.15, 0.2) is 48.5 Å². The first-order valence-electron chi connectivity index (χ1n) is 5.39. The van der Waals surface area contributed by atoms with Crippen LogP contribution in [0.1, 0.15) is 23.2 Å². The maximum absolute atomic E-state index is 3.54. The Morgan fingerprint density at radius 2 is 1.13 bits per heavy atom. The minimum Gasteiger partial charge on any atom is -0.300 e. The molecule has 0 spiro atoms. The molecule has 2 aromatic carbocycles. The molecule has 1 heteroatoms. The smallest absolute Gasteiger partial charge is 0.0530 e. The third-order valence-electron chi connectivity index (χ3n) is 3.47. The van der Waals surface area contributed by atoms with Gasteiger partial charge in [-0.3, -0.25) is 5.32 Å². The molecule has 1 nitrogen and oxygen atoms in total. The average molecular weight is 193 g/mol. The van der Waals surface area contributed by atoms with E-state index in [1.807, 2.05) is 0 Å². The first-order valence-corrected chi connectivity index (χ1v) is 5.39. The Morgan fingerprint density at radius 1 is 0.667 bits per heavy atom. The monoisotopic (exact) mass is 193 g/mol. The van der Waals surface area contributed by atoms with Gasteiger partial charge in [0.1, 0.15) is 0 Å². The molecule has 72 valence electrons. The number of hydrogen-bond donors (Lipinski definition) is 1. The Labute approximate surface area is 88.8 Å². The van der Waals surface area contributed by atoms with Gasteiger partial charge in [-0.2, -0.15) is 0 Å². The van der Waals surface area contributed by atoms with Crippen LogP contribution in [0.2, 0.25) is 0 Å². The van der Waals surface area contributed by atoms with E-state index in [0.717, 1.165) is 0 Å². The summed E-state index contributed by atoms with van der Waals surface area (Å²) in [6.45, 7) is 0. The number of hydrogen-bond acceptors (Lipinski definition) is 1. The van der Waals surface area contributed by atoms with Crippen LogP contribution in [-0.4, -0.2) is 0 Å². The fourth-order valence-corrected chi connectivity index (χ4v) is 2.70. The van der Waals surface area contributed by atoms with Gasteiger partial charge in [-0.15, -0.1) is 0 Å². The molecule has 0 aromatic heterocycles. The maximum Gasteiger partial charge on any atom is 0.0530 e. The highest BCUT2D eigenvalue weighted by Gasteiger charge is 2.44. The van der Waals surface area contributed by atoms with Crippen LogP contribution in [0.3, 0.4) is 0 Å². The molecule has 15 heavy (non-hydrogen) atoms. The predicted octanol–water partition coefficient (Wildman–Crippen LogP) is 3.05. The predicted molar refractivity (Wildman–Crippen MR) is 60.5 cm³/mol. The van der Waals surface area contributed by atoms with Crippen molar-refractivity contribution in [3.8, 4) is 11.1 Å². The minimum absolute atomic E-state index is 0.566. The number of rotatable bonds is 0. The second-order valence-electron chi connectivity index (χ2n) is 4.30. The van der Waals surface area contributed by atoms with Crippen molar-refractivity contribution < 1.29 is 0 Å². The van der Waals surface area contributed by atoms with Crippen molar-refractivity contribution >= 4 is 0 Å². The standard InChI is InChI=1S/C14H11N/c1-3-7-11-9(5-1)10-6-2-4-8-12(10)14-13(11)15-14/h1-8,13-15H. The van der Waals surface area contributed by atoms with Gasteiger partial charge in [0.05, 0.1) is 12.1 Å². The molecule has 1 heterocycles. The van der Waals surface area contributed by atoms with Gasteiger partial charge in [0.2, 0.25) is 0 Å². The van der Waals surface area contributed by atoms with Gasteiger partial charge >= 0.3 is 0 Å². The quantitative estimate of drug-likeness (QED) is 0.638. The third-order valence-corrected chi connectivity index (χ3v) is 3.47. The molecule has 4 rings (SSSR count). The zero-order valence-electron chi connectivity index (χ0n) is 8.27. The highest BCUT2D eigenvalue weighted by molar-refractivity contribution is 5.76. The molecule has 0 bridgehead atoms. The second kappa shape index (κ2) is 2.50. The van der Waals surface area contributed by atoms with E-state index in [9.17, 15) is 0 Å². The summed E-state index contributed by atoms with van der Waals surface area (Å²) in [5.41, 5.74) is 5.72. The fourth-order valence-electron chi connectivity index (χ4n) is 2.70. The highest BCUT2D eigenvalue weighted by atomic mass is 15.2. The Morgan fingerprint density at radius 3 is 1.67 bits per heavy atom. The summed E-state index contributed by atoms with van der Waals surface area (Å²) in [4.78, 5) is 0. The van der Waals surface area contributed by atoms with Gasteiger partial charge in [0, 0.05) is 0 Å². The Hall–Kier alpha value is -1.60. The summed E-state index contributed by atoms with van der Waals surface area (Å²) >= 11 is 0. The first kappa shape index (κ1) is 7.66. The average Bonchev–Trinajstić information content (AvgIpc) is 3.10. The van der Waals surface area contributed by atoms with E-state index in [1.165, 1.54) is 22.3 Å². The zero-order chi connectivity index (χ0) is 9.83. The van der Waals surface area contributed by atoms with Crippen LogP contribution in [0.4, 0.5) is 0 Å². The molecule has 1 N–H and O–H groups in total. The molecule has 0 saturated carbocycles. The molecular formula is C14H11N. The molecule has 0 amide bonds. The van der Waals surface area contributed by atoms with E-state index in [4.69, 9.17) is 0 Å². The molecule has 1 aliphatic carbocycles. The summed E-state index contributed by atoms with van der Waals surface area (Å²) in [6, 6.07) is 18.6. The molecule has 2 atom stereocenters. The normalized spacial score (nSPS) is 25.1. The van der Waals surface area contributed by atoms with Gasteiger partial charge in [0.15, 0.2) is 0 Å². The van der Waals surface area contributed by atoms with Gasteiger partial charge in [-0.05, 0) is 22.3 Å². The summed E-state index contributed by atoms with van der Waals surface area (Å²) in [5, 5.41) is 3.54. The van der Waals surface area contributed by atoms with Crippen LogP contribution in [0, 0.1) is 0 Å². The molecule has 1 fully saturated rings. The first-order chi connectivity index (χ1) is 7.45. The topological polar surface area (TPSA) is 21.9 Å². The van der Waals surface area contributed by atoms with E-state index in [0.29, 0.717) is 12.1 Å². The summed E-state index contributed by atoms with van der Waals surface area (Å²) < 4.78 is 0. The number of benzene rings is 2. The molecule has 2 aliphatic rings. The second-order valence-corrected chi connectivity index (χ2v) is 4.30. The van der Waals surface area contributed by atoms with E-state index >= 15 is 0 Å². The van der Waals surface area contributed by atoms with Crippen molar-refractivity contribution in [2.24, 2.45) is 0 Å². The van der Waals surface area contributed by atoms with E-state index in [2.05, 4.69) is 53.8 Å². The lowest BCUT2D eigenvalue weighted by Crippen LogP contribution is -1.98. The Kier molecular flexibility index (Phi) is 1.28. The van der Waals surface area contributed by atoms with Crippen LogP contribution >= 0.6 is 0 Å². The molecule has 2 unspecified atom stereocenters. The largest absolute Gasteiger partial charge is 0.300 e. The fraction of sp³-hybridized carbons (Fsp3) is 0.143. The van der Waals surface area contributed by atoms with E-state index < -0.39 is 0 Å². The zero-order valence-corrected chi connectivity index (χ0v) is 8.27. The van der Waals surface area contributed by atoms with Crippen molar-refractivity contribution in [2.75, 3.05) is 0 Å². The van der Waals surface area contributed by atoms with E-state index in [1.54, 1.807) is 0 Å². The Bertz CT molecular complexity index is 495. The summed E-state index contributed by atoms with van der Waals surface area (Å²) in [6.07, 6.45) is 0.